The molecule has 0 fully saturated rings. The van der Waals surface area contributed by atoms with Crippen LogP contribution in [0.15, 0.2) is 152 Å². The highest BCUT2D eigenvalue weighted by atomic mass is 32.2. The number of benzene rings is 5. The number of nitrogens with zero attached hydrogens (tertiary/aromatic N) is 1. The molecule has 16 nitrogen and oxygen atoms in total. The quantitative estimate of drug-likeness (QED) is 0.0283. The minimum atomic E-state index is -4.10. The molecule has 376 valence electrons. The summed E-state index contributed by atoms with van der Waals surface area (Å²) in [5.41, 5.74) is 3.50. The number of hydrogen-bond donors (Lipinski definition) is 7. The first kappa shape index (κ1) is 54.7. The second-order valence-corrected chi connectivity index (χ2v) is 19.8. The highest BCUT2D eigenvalue weighted by Crippen LogP contribution is 2.13. The number of nitrogens with one attached hydrogen (secondary N) is 5. The van der Waals surface area contributed by atoms with E-state index < -0.39 is 75.8 Å². The fourth-order valence-corrected chi connectivity index (χ4v) is 8.59. The fraction of sp³-hybridized carbons (Fsp3) is 0.333. The summed E-state index contributed by atoms with van der Waals surface area (Å²) >= 11 is 0. The van der Waals surface area contributed by atoms with Crippen LogP contribution >= 0.6 is 0 Å². The van der Waals surface area contributed by atoms with Crippen molar-refractivity contribution in [3.8, 4) is 0 Å². The summed E-state index contributed by atoms with van der Waals surface area (Å²) in [5, 5.41) is 24.1. The predicted octanol–water partition coefficient (Wildman–Crippen LogP) is 3.84. The molecule has 5 aromatic carbocycles. The Labute approximate surface area is 416 Å². The van der Waals surface area contributed by atoms with Crippen LogP contribution in [0.4, 0.5) is 0 Å². The van der Waals surface area contributed by atoms with Gasteiger partial charge in [0.15, 0.2) is 0 Å². The van der Waals surface area contributed by atoms with E-state index in [4.69, 9.17) is 4.55 Å². The van der Waals surface area contributed by atoms with E-state index >= 15 is 0 Å². The zero-order valence-electron chi connectivity index (χ0n) is 40.1. The third-order valence-electron chi connectivity index (χ3n) is 11.9. The van der Waals surface area contributed by atoms with Crippen LogP contribution in [0.3, 0.4) is 0 Å². The first-order valence-electron chi connectivity index (χ1n) is 23.6. The van der Waals surface area contributed by atoms with Gasteiger partial charge < -0.3 is 36.2 Å². The smallest absolute Gasteiger partial charge is 0.326 e. The van der Waals surface area contributed by atoms with Gasteiger partial charge in [-0.1, -0.05) is 152 Å². The molecule has 71 heavy (non-hydrogen) atoms. The SMILES string of the molecule is C[N+](C)(CCCC(=O)N[C@@H](Cc1ccccc1)C(=O)N[C@@H](Cc1ccccc1)C(=O)N[C@@H](Cc1ccccc1)C(=O)N[C@@H](Cc1ccccc1)C(=O)N[C@@H](Cc1ccccc1)C(=O)O)CCCS(=O)(=O)O. The van der Waals surface area contributed by atoms with Crippen LogP contribution < -0.4 is 26.6 Å². The first-order valence-corrected chi connectivity index (χ1v) is 25.2. The van der Waals surface area contributed by atoms with Gasteiger partial charge >= 0.3 is 5.97 Å². The molecular formula is C54H65N6O10S+. The molecule has 0 saturated heterocycles. The van der Waals surface area contributed by atoms with E-state index in [2.05, 4.69) is 26.6 Å². The van der Waals surface area contributed by atoms with Gasteiger partial charge in [0.1, 0.15) is 30.2 Å². The van der Waals surface area contributed by atoms with Crippen molar-refractivity contribution in [2.24, 2.45) is 0 Å². The van der Waals surface area contributed by atoms with E-state index in [1.807, 2.05) is 38.4 Å². The van der Waals surface area contributed by atoms with Gasteiger partial charge in [0.2, 0.25) is 29.5 Å². The molecule has 0 aliphatic heterocycles. The Kier molecular flexibility index (Phi) is 21.0. The molecule has 0 aliphatic rings. The van der Waals surface area contributed by atoms with Crippen LogP contribution in [0.5, 0.6) is 0 Å². The highest BCUT2D eigenvalue weighted by Gasteiger charge is 2.33. The number of carbonyl (C=O) groups excluding carboxylic acids is 5. The maximum Gasteiger partial charge on any atom is 0.326 e. The molecular weight excluding hydrogens is 925 g/mol. The van der Waals surface area contributed by atoms with Crippen molar-refractivity contribution in [3.05, 3.63) is 179 Å². The van der Waals surface area contributed by atoms with E-state index in [0.29, 0.717) is 46.2 Å². The van der Waals surface area contributed by atoms with E-state index in [1.54, 1.807) is 127 Å². The van der Waals surface area contributed by atoms with E-state index in [-0.39, 0.29) is 50.7 Å². The number of aliphatic carboxylic acids is 1. The summed E-state index contributed by atoms with van der Waals surface area (Å²) in [7, 11) is -0.312. The Morgan fingerprint density at radius 1 is 0.437 bits per heavy atom. The second kappa shape index (κ2) is 27.3. The molecule has 5 atom stereocenters. The molecule has 0 radical (unpaired) electrons. The lowest BCUT2D eigenvalue weighted by Crippen LogP contribution is -2.60. The molecule has 0 aliphatic carbocycles. The van der Waals surface area contributed by atoms with Crippen LogP contribution in [0.2, 0.25) is 0 Å². The van der Waals surface area contributed by atoms with Crippen LogP contribution in [0, 0.1) is 0 Å². The highest BCUT2D eigenvalue weighted by molar-refractivity contribution is 7.85. The van der Waals surface area contributed by atoms with Crippen LogP contribution in [-0.4, -0.2) is 121 Å². The number of carboxylic acid groups (broad SMARTS) is 1. The van der Waals surface area contributed by atoms with Gasteiger partial charge in [0.25, 0.3) is 10.1 Å². The summed E-state index contributed by atoms with van der Waals surface area (Å²) < 4.78 is 32.0. The van der Waals surface area contributed by atoms with Gasteiger partial charge in [0, 0.05) is 51.4 Å². The average molecular weight is 990 g/mol. The zero-order valence-corrected chi connectivity index (χ0v) is 40.9. The summed E-state index contributed by atoms with van der Waals surface area (Å²) in [6.45, 7) is 0.964. The standard InChI is InChI=1S/C54H64N6O10S/c1-60(2,32-19-33-71(68,69)70)31-18-30-49(61)55-44(34-39-20-8-3-9-21-39)50(62)56-45(35-40-22-10-4-11-23-40)51(63)57-46(36-41-24-12-5-13-25-41)52(64)58-47(37-42-26-14-6-15-27-42)53(65)59-48(54(66)67)38-43-28-16-7-17-29-43/h3-17,20-29,44-48H,18-19,30-38H2,1-2H3,(H6-,55,56,57,58,59,61,62,63,64,65,66,67,68,69,70)/p+1/t44-,45-,46-,47-,48-/m0/s1. The first-order chi connectivity index (χ1) is 33.9. The third kappa shape index (κ3) is 20.0. The lowest BCUT2D eigenvalue weighted by Gasteiger charge is -2.29. The maximum absolute atomic E-state index is 14.7. The summed E-state index contributed by atoms with van der Waals surface area (Å²) in [6, 6.07) is 38.5. The molecule has 0 bridgehead atoms. The molecule has 0 aromatic heterocycles. The van der Waals surface area contributed by atoms with Crippen molar-refractivity contribution >= 4 is 45.6 Å². The monoisotopic (exact) mass is 989 g/mol. The van der Waals surface area contributed by atoms with E-state index in [9.17, 15) is 42.3 Å². The second-order valence-electron chi connectivity index (χ2n) is 18.3. The number of quaternary nitrogens is 1. The summed E-state index contributed by atoms with van der Waals surface area (Å²) in [6.07, 6.45) is 0.775. The molecule has 5 rings (SSSR count). The maximum atomic E-state index is 14.7. The number of hydrogen-bond acceptors (Lipinski definition) is 8. The molecule has 5 aromatic rings. The van der Waals surface area contributed by atoms with Gasteiger partial charge in [-0.25, -0.2) is 4.79 Å². The van der Waals surface area contributed by atoms with E-state index in [1.165, 1.54) is 0 Å². The number of carboxylic acids is 1. The largest absolute Gasteiger partial charge is 0.480 e. The normalized spacial score (nSPS) is 13.6. The van der Waals surface area contributed by atoms with Gasteiger partial charge in [-0.2, -0.15) is 8.42 Å². The number of carbonyl (C=O) groups is 6. The van der Waals surface area contributed by atoms with Crippen molar-refractivity contribution in [2.45, 2.75) is 81.6 Å². The molecule has 0 saturated carbocycles. The van der Waals surface area contributed by atoms with Crippen molar-refractivity contribution in [3.63, 3.8) is 0 Å². The summed E-state index contributed by atoms with van der Waals surface area (Å²) in [4.78, 5) is 83.7. The third-order valence-corrected chi connectivity index (χ3v) is 12.7. The fourth-order valence-electron chi connectivity index (χ4n) is 8.10. The molecule has 0 heterocycles. The van der Waals surface area contributed by atoms with Gasteiger partial charge in [-0.05, 0) is 27.8 Å². The Bertz CT molecular complexity index is 2610. The van der Waals surface area contributed by atoms with Gasteiger partial charge in [-0.15, -0.1) is 0 Å². The minimum absolute atomic E-state index is 0.00273. The van der Waals surface area contributed by atoms with E-state index in [0.717, 1.165) is 5.56 Å². The molecule has 0 spiro atoms. The zero-order chi connectivity index (χ0) is 51.2. The molecule has 17 heteroatoms. The molecule has 7 N–H and O–H groups in total. The van der Waals surface area contributed by atoms with Crippen molar-refractivity contribution in [2.75, 3.05) is 32.9 Å². The summed E-state index contributed by atoms with van der Waals surface area (Å²) in [5.74, 6) is -4.86. The topological polar surface area (TPSA) is 237 Å². The van der Waals surface area contributed by atoms with Crippen molar-refractivity contribution in [1.29, 1.82) is 0 Å². The number of rotatable bonds is 28. The molecule has 5 amide bonds. The molecule has 0 unspecified atom stereocenters. The Morgan fingerprint density at radius 3 is 1.00 bits per heavy atom. The van der Waals surface area contributed by atoms with Crippen LogP contribution in [0.25, 0.3) is 0 Å². The van der Waals surface area contributed by atoms with Gasteiger partial charge in [0.05, 0.1) is 32.9 Å². The average Bonchev–Trinajstić information content (AvgIpc) is 3.34. The lowest BCUT2D eigenvalue weighted by atomic mass is 10.00. The Balaban J connectivity index is 1.38. The predicted molar refractivity (Wildman–Crippen MR) is 270 cm³/mol. The van der Waals surface area contributed by atoms with Crippen molar-refractivity contribution < 1.29 is 51.3 Å². The van der Waals surface area contributed by atoms with Gasteiger partial charge in [-0.3, -0.25) is 28.5 Å². The number of amides is 5. The Morgan fingerprint density at radius 2 is 0.704 bits per heavy atom. The minimum Gasteiger partial charge on any atom is -0.480 e. The van der Waals surface area contributed by atoms with Crippen LogP contribution in [-0.2, 0) is 71.0 Å². The van der Waals surface area contributed by atoms with Crippen LogP contribution in [0.1, 0.15) is 47.1 Å². The Hall–Kier alpha value is -7.21. The van der Waals surface area contributed by atoms with Crippen molar-refractivity contribution in [1.82, 2.24) is 26.6 Å². The lowest BCUT2D eigenvalue weighted by molar-refractivity contribution is -0.890.